The molecule has 0 bridgehead atoms. The van der Waals surface area contributed by atoms with Gasteiger partial charge in [0.2, 0.25) is 0 Å². The number of hydrogen-bond donors (Lipinski definition) is 1. The first-order valence-electron chi connectivity index (χ1n) is 6.96. The lowest BCUT2D eigenvalue weighted by atomic mass is 10.1. The molecule has 1 unspecified atom stereocenters. The zero-order valence-electron chi connectivity index (χ0n) is 12.1. The summed E-state index contributed by atoms with van der Waals surface area (Å²) in [6.45, 7) is 5.84. The van der Waals surface area contributed by atoms with Crippen LogP contribution in [0.1, 0.15) is 18.9 Å². The molecule has 1 saturated heterocycles. The Hall–Kier alpha value is -1.66. The first-order valence-corrected chi connectivity index (χ1v) is 6.96. The molecule has 2 rings (SSSR count). The highest BCUT2D eigenvalue weighted by Gasteiger charge is 2.23. The van der Waals surface area contributed by atoms with Crippen LogP contribution in [0.3, 0.4) is 0 Å². The van der Waals surface area contributed by atoms with Gasteiger partial charge in [-0.25, -0.2) is 0 Å². The minimum absolute atomic E-state index is 0.107. The summed E-state index contributed by atoms with van der Waals surface area (Å²) in [6, 6.07) is 5.22. The summed E-state index contributed by atoms with van der Waals surface area (Å²) in [5.74, 6) is 0. The van der Waals surface area contributed by atoms with Crippen LogP contribution >= 0.6 is 0 Å². The second-order valence-electron chi connectivity index (χ2n) is 5.42. The van der Waals surface area contributed by atoms with E-state index in [2.05, 4.69) is 23.8 Å². The van der Waals surface area contributed by atoms with Gasteiger partial charge in [0.1, 0.15) is 0 Å². The molecule has 20 heavy (non-hydrogen) atoms. The lowest BCUT2D eigenvalue weighted by Gasteiger charge is -2.39. The minimum Gasteiger partial charge on any atom is -0.398 e. The number of nitrogens with zero attached hydrogens (tertiary/aromatic N) is 3. The van der Waals surface area contributed by atoms with Gasteiger partial charge < -0.3 is 10.6 Å². The molecule has 1 heterocycles. The van der Waals surface area contributed by atoms with Crippen molar-refractivity contribution in [2.75, 3.05) is 32.4 Å². The molecule has 1 fully saturated rings. The van der Waals surface area contributed by atoms with Crippen molar-refractivity contribution < 1.29 is 4.92 Å². The zero-order valence-corrected chi connectivity index (χ0v) is 12.1. The van der Waals surface area contributed by atoms with Gasteiger partial charge >= 0.3 is 0 Å². The lowest BCUT2D eigenvalue weighted by Crippen LogP contribution is -2.50. The van der Waals surface area contributed by atoms with Gasteiger partial charge in [0.25, 0.3) is 5.69 Å². The SMILES string of the molecule is CCC1CN(Cc2cc([N+](=O)[O-])ccc2N)CCN1C. The van der Waals surface area contributed by atoms with Crippen molar-refractivity contribution in [3.63, 3.8) is 0 Å². The highest BCUT2D eigenvalue weighted by Crippen LogP contribution is 2.22. The number of piperazine rings is 1. The number of benzene rings is 1. The van der Waals surface area contributed by atoms with Crippen molar-refractivity contribution in [3.05, 3.63) is 33.9 Å². The number of rotatable bonds is 4. The molecule has 0 aromatic heterocycles. The summed E-state index contributed by atoms with van der Waals surface area (Å²) in [5.41, 5.74) is 7.52. The van der Waals surface area contributed by atoms with E-state index < -0.39 is 0 Å². The molecule has 0 saturated carbocycles. The lowest BCUT2D eigenvalue weighted by molar-refractivity contribution is -0.384. The molecular weight excluding hydrogens is 256 g/mol. The van der Waals surface area contributed by atoms with E-state index >= 15 is 0 Å². The molecule has 0 radical (unpaired) electrons. The van der Waals surface area contributed by atoms with Crippen molar-refractivity contribution in [3.8, 4) is 0 Å². The third kappa shape index (κ3) is 3.26. The van der Waals surface area contributed by atoms with Gasteiger partial charge in [0.05, 0.1) is 4.92 Å². The van der Waals surface area contributed by atoms with Crippen LogP contribution in [0, 0.1) is 10.1 Å². The molecule has 6 nitrogen and oxygen atoms in total. The summed E-state index contributed by atoms with van der Waals surface area (Å²) in [7, 11) is 2.15. The van der Waals surface area contributed by atoms with E-state index in [1.54, 1.807) is 12.1 Å². The second-order valence-corrected chi connectivity index (χ2v) is 5.42. The van der Waals surface area contributed by atoms with Gasteiger partial charge in [-0.15, -0.1) is 0 Å². The molecule has 6 heteroatoms. The van der Waals surface area contributed by atoms with E-state index in [-0.39, 0.29) is 10.6 Å². The fourth-order valence-corrected chi connectivity index (χ4v) is 2.68. The fourth-order valence-electron chi connectivity index (χ4n) is 2.68. The Kier molecular flexibility index (Phi) is 4.57. The third-order valence-electron chi connectivity index (χ3n) is 4.06. The molecule has 0 amide bonds. The summed E-state index contributed by atoms with van der Waals surface area (Å²) in [5, 5.41) is 10.8. The van der Waals surface area contributed by atoms with Crippen molar-refractivity contribution in [1.29, 1.82) is 0 Å². The average Bonchev–Trinajstić information content (AvgIpc) is 2.43. The van der Waals surface area contributed by atoms with Crippen LogP contribution in [0.5, 0.6) is 0 Å². The Bertz CT molecular complexity index is 492. The van der Waals surface area contributed by atoms with Crippen LogP contribution in [-0.4, -0.2) is 47.4 Å². The Morgan fingerprint density at radius 1 is 1.45 bits per heavy atom. The molecular formula is C14H22N4O2. The van der Waals surface area contributed by atoms with Crippen LogP contribution in [0.4, 0.5) is 11.4 Å². The average molecular weight is 278 g/mol. The van der Waals surface area contributed by atoms with E-state index in [1.165, 1.54) is 6.07 Å². The highest BCUT2D eigenvalue weighted by atomic mass is 16.6. The number of likely N-dealkylation sites (N-methyl/N-ethyl adjacent to an activating group) is 1. The molecule has 0 aliphatic carbocycles. The predicted molar refractivity (Wildman–Crippen MR) is 79.5 cm³/mol. The van der Waals surface area contributed by atoms with Gasteiger partial charge in [-0.1, -0.05) is 6.92 Å². The molecule has 0 spiro atoms. The third-order valence-corrected chi connectivity index (χ3v) is 4.06. The van der Waals surface area contributed by atoms with E-state index in [1.807, 2.05) is 0 Å². The number of nitro benzene ring substituents is 1. The molecule has 1 aromatic carbocycles. The standard InChI is InChI=1S/C14H22N4O2/c1-3-12-10-17(7-6-16(12)2)9-11-8-13(18(19)20)4-5-14(11)15/h4-5,8,12H,3,6-7,9-10,15H2,1-2H3. The minimum atomic E-state index is -0.373. The fraction of sp³-hybridized carbons (Fsp3) is 0.571. The quantitative estimate of drug-likeness (QED) is 0.515. The van der Waals surface area contributed by atoms with E-state index in [0.717, 1.165) is 31.6 Å². The molecule has 1 aliphatic heterocycles. The number of non-ortho nitro benzene ring substituents is 1. The zero-order chi connectivity index (χ0) is 14.7. The van der Waals surface area contributed by atoms with Crippen molar-refractivity contribution in [1.82, 2.24) is 9.80 Å². The van der Waals surface area contributed by atoms with E-state index in [9.17, 15) is 10.1 Å². The molecule has 1 aliphatic rings. The van der Waals surface area contributed by atoms with Gasteiger partial charge in [0.15, 0.2) is 0 Å². The molecule has 2 N–H and O–H groups in total. The number of nitrogen functional groups attached to an aromatic ring is 1. The van der Waals surface area contributed by atoms with Crippen LogP contribution in [-0.2, 0) is 6.54 Å². The maximum Gasteiger partial charge on any atom is 0.269 e. The Balaban J connectivity index is 2.10. The van der Waals surface area contributed by atoms with Crippen molar-refractivity contribution in [2.45, 2.75) is 25.9 Å². The summed E-state index contributed by atoms with van der Waals surface area (Å²) < 4.78 is 0. The first kappa shape index (κ1) is 14.7. The van der Waals surface area contributed by atoms with Crippen LogP contribution in [0.15, 0.2) is 18.2 Å². The normalized spacial score (nSPS) is 21.0. The Morgan fingerprint density at radius 2 is 2.20 bits per heavy atom. The Labute approximate surface area is 119 Å². The van der Waals surface area contributed by atoms with E-state index in [4.69, 9.17) is 5.73 Å². The summed E-state index contributed by atoms with van der Waals surface area (Å²) >= 11 is 0. The number of nitrogens with two attached hydrogens (primary N) is 1. The molecule has 1 atom stereocenters. The van der Waals surface area contributed by atoms with Crippen molar-refractivity contribution >= 4 is 11.4 Å². The van der Waals surface area contributed by atoms with Gasteiger partial charge in [0, 0.05) is 50.0 Å². The monoisotopic (exact) mass is 278 g/mol. The summed E-state index contributed by atoms with van der Waals surface area (Å²) in [4.78, 5) is 15.2. The molecule has 110 valence electrons. The van der Waals surface area contributed by atoms with Crippen LogP contribution in [0.25, 0.3) is 0 Å². The van der Waals surface area contributed by atoms with Crippen LogP contribution in [0.2, 0.25) is 0 Å². The van der Waals surface area contributed by atoms with Crippen LogP contribution < -0.4 is 5.73 Å². The number of hydrogen-bond acceptors (Lipinski definition) is 5. The number of anilines is 1. The predicted octanol–water partition coefficient (Wildman–Crippen LogP) is 1.70. The topological polar surface area (TPSA) is 75.6 Å². The first-order chi connectivity index (χ1) is 9.51. The number of nitro groups is 1. The maximum atomic E-state index is 10.8. The highest BCUT2D eigenvalue weighted by molar-refractivity contribution is 5.52. The van der Waals surface area contributed by atoms with Gasteiger partial charge in [-0.2, -0.15) is 0 Å². The van der Waals surface area contributed by atoms with Crippen molar-refractivity contribution in [2.24, 2.45) is 0 Å². The second kappa shape index (κ2) is 6.19. The smallest absolute Gasteiger partial charge is 0.269 e. The molecule has 1 aromatic rings. The van der Waals surface area contributed by atoms with E-state index in [0.29, 0.717) is 18.3 Å². The maximum absolute atomic E-state index is 10.8. The van der Waals surface area contributed by atoms with Gasteiger partial charge in [-0.3, -0.25) is 15.0 Å². The largest absolute Gasteiger partial charge is 0.398 e. The van der Waals surface area contributed by atoms with Gasteiger partial charge in [-0.05, 0) is 25.1 Å². The Morgan fingerprint density at radius 3 is 2.85 bits per heavy atom. The summed E-state index contributed by atoms with van der Waals surface area (Å²) in [6.07, 6.45) is 1.11.